The van der Waals surface area contributed by atoms with Crippen LogP contribution in [0.1, 0.15) is 52.7 Å². The predicted molar refractivity (Wildman–Crippen MR) is 351 cm³/mol. The molecular weight excluding hydrogens is 1000 g/mol. The zero-order valence-electron chi connectivity index (χ0n) is 47.5. The van der Waals surface area contributed by atoms with Crippen molar-refractivity contribution in [3.05, 3.63) is 260 Å². The van der Waals surface area contributed by atoms with Crippen LogP contribution >= 0.6 is 0 Å². The molecule has 0 aliphatic carbocycles. The number of rotatable bonds is 7. The lowest BCUT2D eigenvalue weighted by Gasteiger charge is -2.34. The van der Waals surface area contributed by atoms with Crippen molar-refractivity contribution in [3.8, 4) is 89.8 Å². The summed E-state index contributed by atoms with van der Waals surface area (Å²) >= 11 is 0. The van der Waals surface area contributed by atoms with Gasteiger partial charge in [-0.05, 0) is 162 Å². The lowest BCUT2D eigenvalue weighted by molar-refractivity contribution is 0.591. The Bertz CT molecular complexity index is 4540. The van der Waals surface area contributed by atoms with Gasteiger partial charge in [-0.3, -0.25) is 0 Å². The van der Waals surface area contributed by atoms with E-state index < -0.39 is 0 Å². The molecule has 4 nitrogen and oxygen atoms in total. The summed E-state index contributed by atoms with van der Waals surface area (Å²) < 4.78 is 5.16. The molecule has 2 aliphatic heterocycles. The summed E-state index contributed by atoms with van der Waals surface area (Å²) in [4.78, 5) is 11.7. The molecule has 83 heavy (non-hydrogen) atoms. The minimum absolute atomic E-state index is 0.0173. The predicted octanol–water partition coefficient (Wildman–Crippen LogP) is 18.1. The molecule has 2 aliphatic rings. The maximum Gasteiger partial charge on any atom is 0.252 e. The van der Waals surface area contributed by atoms with Gasteiger partial charge in [0.05, 0.1) is 22.4 Å². The molecule has 0 radical (unpaired) electrons. The van der Waals surface area contributed by atoms with Crippen LogP contribution in [0.25, 0.3) is 133 Å². The smallest absolute Gasteiger partial charge is 0.252 e. The Morgan fingerprint density at radius 3 is 1.02 bits per heavy atom. The van der Waals surface area contributed by atoms with Gasteiger partial charge in [0.15, 0.2) is 5.82 Å². The first-order valence-electron chi connectivity index (χ1n) is 29.2. The zero-order valence-corrected chi connectivity index (χ0v) is 47.5. The average molecular weight is 1060 g/mol. The van der Waals surface area contributed by atoms with Crippen LogP contribution in [0, 0.1) is 0 Å². The first kappa shape index (κ1) is 49.0. The fourth-order valence-corrected chi connectivity index (χ4v) is 13.6. The fraction of sp³-hybridized carbons (Fsp3) is 0.103. The van der Waals surface area contributed by atoms with Gasteiger partial charge in [0.1, 0.15) is 0 Å². The second-order valence-electron chi connectivity index (χ2n) is 25.0. The number of benzene rings is 11. The monoisotopic (exact) mass is 1060 g/mol. The standard InChI is InChI=1S/C78H59BN4/c1-77(2,3)59-33-35-69-63(45-59)61-29-19-31-65-74(61)82(69)71-43-58(44-72-73(71)79(65)66-32-20-30-62-64-46-60(78(4,5)6)34-36-70(64)83(72)75(62)66)76-80-67(56-39-52(48-21-11-7-12-22-48)37-53(40-56)49-23-13-8-14-24-49)47-68(81-76)57-41-54(50-25-15-9-16-26-50)38-55(42-57)51-27-17-10-18-28-51/h7-47H,1-6H3. The summed E-state index contributed by atoms with van der Waals surface area (Å²) in [6, 6.07) is 92.2. The lowest BCUT2D eigenvalue weighted by Crippen LogP contribution is -2.59. The van der Waals surface area contributed by atoms with E-state index in [9.17, 15) is 0 Å². The Hall–Kier alpha value is -9.84. The maximum absolute atomic E-state index is 5.83. The highest BCUT2D eigenvalue weighted by atomic mass is 15.0. The van der Waals surface area contributed by atoms with Crippen molar-refractivity contribution in [2.45, 2.75) is 52.4 Å². The first-order chi connectivity index (χ1) is 40.4. The SMILES string of the molecule is CC(C)(C)c1ccc2c(c1)c1cccc3c1n2-c1cc(-c2nc(-c4cc(-c5ccccc5)cc(-c5ccccc5)c4)cc(-c4cc(-c5ccccc5)cc(-c5ccccc5)c4)n2)cc2c1B3c1cccc3c4cc(C(C)(C)C)ccc4n-2c13. The third-order valence-corrected chi connectivity index (χ3v) is 17.8. The molecule has 0 amide bonds. The quantitative estimate of drug-likeness (QED) is 0.149. The van der Waals surface area contributed by atoms with E-state index in [-0.39, 0.29) is 17.5 Å². The second kappa shape index (κ2) is 18.3. The van der Waals surface area contributed by atoms with E-state index in [4.69, 9.17) is 9.97 Å². The third-order valence-electron chi connectivity index (χ3n) is 17.8. The summed E-state index contributed by atoms with van der Waals surface area (Å²) in [6.07, 6.45) is 0. The summed E-state index contributed by atoms with van der Waals surface area (Å²) in [5.41, 5.74) is 27.5. The van der Waals surface area contributed by atoms with Crippen molar-refractivity contribution in [3.63, 3.8) is 0 Å². The summed E-state index contributed by atoms with van der Waals surface area (Å²) in [5, 5.41) is 5.08. The molecule has 394 valence electrons. The van der Waals surface area contributed by atoms with Gasteiger partial charge in [0.25, 0.3) is 6.71 Å². The van der Waals surface area contributed by atoms with E-state index in [0.29, 0.717) is 5.82 Å². The molecule has 5 heterocycles. The molecule has 0 saturated heterocycles. The first-order valence-corrected chi connectivity index (χ1v) is 29.2. The van der Waals surface area contributed by atoms with Gasteiger partial charge >= 0.3 is 0 Å². The molecule has 0 unspecified atom stereocenters. The van der Waals surface area contributed by atoms with Gasteiger partial charge in [0.2, 0.25) is 0 Å². The van der Waals surface area contributed by atoms with Crippen molar-refractivity contribution in [1.29, 1.82) is 0 Å². The highest BCUT2D eigenvalue weighted by molar-refractivity contribution is 7.00. The molecule has 0 spiro atoms. The number of nitrogens with zero attached hydrogens (tertiary/aromatic N) is 4. The van der Waals surface area contributed by atoms with Gasteiger partial charge < -0.3 is 9.13 Å². The second-order valence-corrected chi connectivity index (χ2v) is 25.0. The molecule has 0 bridgehead atoms. The Kier molecular flexibility index (Phi) is 10.8. The van der Waals surface area contributed by atoms with Crippen LogP contribution in [0.2, 0.25) is 0 Å². The minimum Gasteiger partial charge on any atom is -0.310 e. The molecule has 14 aromatic rings. The van der Waals surface area contributed by atoms with E-state index in [2.05, 4.69) is 299 Å². The molecule has 0 N–H and O–H groups in total. The number of fused-ring (bicyclic) bond motifs is 10. The van der Waals surface area contributed by atoms with Crippen LogP contribution in [0.4, 0.5) is 0 Å². The Labute approximate surface area is 485 Å². The van der Waals surface area contributed by atoms with Crippen molar-refractivity contribution in [2.24, 2.45) is 0 Å². The van der Waals surface area contributed by atoms with Crippen LogP contribution in [0.15, 0.2) is 249 Å². The fourth-order valence-electron chi connectivity index (χ4n) is 13.6. The molecule has 0 fully saturated rings. The van der Waals surface area contributed by atoms with Gasteiger partial charge in [0, 0.05) is 60.6 Å². The Morgan fingerprint density at radius 1 is 0.301 bits per heavy atom. The molecule has 0 saturated carbocycles. The van der Waals surface area contributed by atoms with Crippen LogP contribution in [0.5, 0.6) is 0 Å². The molecule has 3 aromatic heterocycles. The van der Waals surface area contributed by atoms with E-state index in [1.807, 2.05) is 0 Å². The number of hydrogen-bond donors (Lipinski definition) is 0. The maximum atomic E-state index is 5.83. The van der Waals surface area contributed by atoms with E-state index >= 15 is 0 Å². The zero-order chi connectivity index (χ0) is 55.9. The largest absolute Gasteiger partial charge is 0.310 e. The summed E-state index contributed by atoms with van der Waals surface area (Å²) in [5.74, 6) is 0.661. The highest BCUT2D eigenvalue weighted by Crippen LogP contribution is 2.44. The van der Waals surface area contributed by atoms with Gasteiger partial charge in [-0.1, -0.05) is 211 Å². The van der Waals surface area contributed by atoms with Crippen molar-refractivity contribution in [1.82, 2.24) is 19.1 Å². The van der Waals surface area contributed by atoms with E-state index in [0.717, 1.165) is 84.0 Å². The minimum atomic E-state index is -0.0256. The molecule has 5 heteroatoms. The number of aromatic nitrogens is 4. The third kappa shape index (κ3) is 7.89. The van der Waals surface area contributed by atoms with Gasteiger partial charge in [-0.2, -0.15) is 0 Å². The molecule has 16 rings (SSSR count). The molecule has 0 atom stereocenters. The van der Waals surface area contributed by atoms with Crippen LogP contribution in [-0.4, -0.2) is 25.8 Å². The van der Waals surface area contributed by atoms with Gasteiger partial charge in [-0.15, -0.1) is 0 Å². The summed E-state index contributed by atoms with van der Waals surface area (Å²) in [7, 11) is 0. The summed E-state index contributed by atoms with van der Waals surface area (Å²) in [6.45, 7) is 13.9. The Balaban J connectivity index is 1.02. The van der Waals surface area contributed by atoms with Crippen LogP contribution in [-0.2, 0) is 10.8 Å². The lowest BCUT2D eigenvalue weighted by atomic mass is 9.34. The molecular formula is C78H59BN4. The van der Waals surface area contributed by atoms with Crippen LogP contribution in [0.3, 0.4) is 0 Å². The van der Waals surface area contributed by atoms with E-state index in [1.54, 1.807) is 0 Å². The normalized spacial score (nSPS) is 12.7. The van der Waals surface area contributed by atoms with Crippen LogP contribution < -0.4 is 16.4 Å². The number of hydrogen-bond acceptors (Lipinski definition) is 2. The number of para-hydroxylation sites is 2. The van der Waals surface area contributed by atoms with Crippen molar-refractivity contribution in [2.75, 3.05) is 0 Å². The van der Waals surface area contributed by atoms with Crippen molar-refractivity contribution >= 4 is 66.7 Å². The van der Waals surface area contributed by atoms with Crippen molar-refractivity contribution < 1.29 is 0 Å². The topological polar surface area (TPSA) is 35.6 Å². The van der Waals surface area contributed by atoms with E-state index in [1.165, 1.54) is 71.1 Å². The average Bonchev–Trinajstić information content (AvgIpc) is 1.75. The van der Waals surface area contributed by atoms with Gasteiger partial charge in [-0.25, -0.2) is 9.97 Å². The highest BCUT2D eigenvalue weighted by Gasteiger charge is 2.41. The Morgan fingerprint density at radius 2 is 0.663 bits per heavy atom. The molecule has 11 aromatic carbocycles.